The molecule has 0 aliphatic heterocycles. The third-order valence-corrected chi connectivity index (χ3v) is 3.75. The molecule has 0 unspecified atom stereocenters. The van der Waals surface area contributed by atoms with E-state index in [1.807, 2.05) is 0 Å². The van der Waals surface area contributed by atoms with Crippen LogP contribution in [-0.2, 0) is 0 Å². The maximum absolute atomic E-state index is 14.2. The highest BCUT2D eigenvalue weighted by atomic mass is 19.2. The summed E-state index contributed by atoms with van der Waals surface area (Å²) in [4.78, 5) is 14.5. The van der Waals surface area contributed by atoms with Crippen LogP contribution in [0.5, 0.6) is 0 Å². The van der Waals surface area contributed by atoms with Crippen LogP contribution in [0, 0.1) is 57.2 Å². The molecule has 0 spiro atoms. The van der Waals surface area contributed by atoms with Crippen molar-refractivity contribution >= 4 is 5.69 Å². The van der Waals surface area contributed by atoms with Gasteiger partial charge in [-0.25, -0.2) is 17.6 Å². The Kier molecular flexibility index (Phi) is 4.90. The summed E-state index contributed by atoms with van der Waals surface area (Å²) in [6.45, 7) is 0. The summed E-state index contributed by atoms with van der Waals surface area (Å²) < 4.78 is 111. The Morgan fingerprint density at radius 2 is 1.07 bits per heavy atom. The molecule has 0 amide bonds. The Morgan fingerprint density at radius 1 is 0.655 bits per heavy atom. The highest BCUT2D eigenvalue weighted by molar-refractivity contribution is 5.90. The van der Waals surface area contributed by atoms with E-state index in [2.05, 4.69) is 9.97 Å². The molecule has 1 aromatic carbocycles. The highest BCUT2D eigenvalue weighted by Crippen LogP contribution is 2.43. The molecule has 0 radical (unpaired) electrons. The average Bonchev–Trinajstić information content (AvgIpc) is 2.66. The van der Waals surface area contributed by atoms with Crippen molar-refractivity contribution in [2.24, 2.45) is 0 Å². The summed E-state index contributed by atoms with van der Waals surface area (Å²) in [5.74, 6) is -17.6. The van der Waals surface area contributed by atoms with Crippen LogP contribution in [0.25, 0.3) is 22.3 Å². The summed E-state index contributed by atoms with van der Waals surface area (Å²) in [6, 6.07) is 1.94. The second-order valence-electron chi connectivity index (χ2n) is 5.35. The van der Waals surface area contributed by atoms with Crippen LogP contribution in [0.1, 0.15) is 0 Å². The molecule has 3 aromatic rings. The number of halogens is 8. The molecule has 0 fully saturated rings. The van der Waals surface area contributed by atoms with Gasteiger partial charge in [-0.3, -0.25) is 10.1 Å². The van der Waals surface area contributed by atoms with Crippen molar-refractivity contribution in [1.29, 1.82) is 0 Å². The van der Waals surface area contributed by atoms with Gasteiger partial charge in [0.05, 0.1) is 21.6 Å². The number of aromatic nitrogens is 2. The maximum atomic E-state index is 14.2. The molecule has 5 nitrogen and oxygen atoms in total. The molecule has 0 saturated carbocycles. The van der Waals surface area contributed by atoms with Crippen molar-refractivity contribution in [1.82, 2.24) is 9.97 Å². The molecule has 150 valence electrons. The van der Waals surface area contributed by atoms with Crippen LogP contribution >= 0.6 is 0 Å². The van der Waals surface area contributed by atoms with E-state index in [-0.39, 0.29) is 0 Å². The standard InChI is InChI=1S/C16H3F8N3O2/c17-9-7(10(18)14(22)25-13(9)21)4-2-1-3-5(27(28)29)6(4)8-11(19)15(23)26-16(24)12(8)20/h1-3H. The zero-order valence-corrected chi connectivity index (χ0v) is 13.4. The van der Waals surface area contributed by atoms with Gasteiger partial charge in [0.1, 0.15) is 0 Å². The summed E-state index contributed by atoms with van der Waals surface area (Å²) in [5.41, 5.74) is -7.21. The van der Waals surface area contributed by atoms with Crippen molar-refractivity contribution in [2.45, 2.75) is 0 Å². The lowest BCUT2D eigenvalue weighted by Gasteiger charge is -2.14. The first-order chi connectivity index (χ1) is 13.6. The molecule has 2 heterocycles. The Labute approximate surface area is 154 Å². The van der Waals surface area contributed by atoms with E-state index in [1.54, 1.807) is 0 Å². The molecule has 13 heteroatoms. The van der Waals surface area contributed by atoms with Gasteiger partial charge in [-0.15, -0.1) is 0 Å². The van der Waals surface area contributed by atoms with Crippen LogP contribution in [0.2, 0.25) is 0 Å². The molecule has 0 aliphatic carbocycles. The van der Waals surface area contributed by atoms with Crippen molar-refractivity contribution in [2.75, 3.05) is 0 Å². The zero-order chi connectivity index (χ0) is 21.6. The van der Waals surface area contributed by atoms with Crippen LogP contribution in [0.15, 0.2) is 18.2 Å². The van der Waals surface area contributed by atoms with Gasteiger partial charge in [-0.2, -0.15) is 27.5 Å². The predicted octanol–water partition coefficient (Wildman–Crippen LogP) is 4.83. The van der Waals surface area contributed by atoms with E-state index >= 15 is 0 Å². The quantitative estimate of drug-likeness (QED) is 0.263. The fourth-order valence-corrected chi connectivity index (χ4v) is 2.59. The molecular weight excluding hydrogens is 418 g/mol. The Morgan fingerprint density at radius 3 is 1.48 bits per heavy atom. The molecule has 0 bridgehead atoms. The lowest BCUT2D eigenvalue weighted by molar-refractivity contribution is -0.384. The van der Waals surface area contributed by atoms with Gasteiger partial charge >= 0.3 is 0 Å². The number of pyridine rings is 2. The van der Waals surface area contributed by atoms with Crippen LogP contribution < -0.4 is 0 Å². The predicted molar refractivity (Wildman–Crippen MR) is 79.2 cm³/mol. The molecule has 0 N–H and O–H groups in total. The number of benzene rings is 1. The van der Waals surface area contributed by atoms with Crippen molar-refractivity contribution in [3.63, 3.8) is 0 Å². The lowest BCUT2D eigenvalue weighted by atomic mass is 9.92. The first-order valence-corrected chi connectivity index (χ1v) is 7.24. The summed E-state index contributed by atoms with van der Waals surface area (Å²) in [5, 5.41) is 11.3. The summed E-state index contributed by atoms with van der Waals surface area (Å²) in [7, 11) is 0. The third kappa shape index (κ3) is 3.13. The first-order valence-electron chi connectivity index (χ1n) is 7.24. The number of hydrogen-bond acceptors (Lipinski definition) is 4. The first kappa shape index (κ1) is 20.1. The van der Waals surface area contributed by atoms with E-state index in [9.17, 15) is 45.2 Å². The smallest absolute Gasteiger partial charge is 0.258 e. The number of hydrogen-bond donors (Lipinski definition) is 0. The highest BCUT2D eigenvalue weighted by Gasteiger charge is 2.33. The Bertz CT molecular complexity index is 1130. The number of rotatable bonds is 3. The summed E-state index contributed by atoms with van der Waals surface area (Å²) >= 11 is 0. The van der Waals surface area contributed by atoms with Gasteiger partial charge < -0.3 is 0 Å². The molecule has 0 aliphatic rings. The van der Waals surface area contributed by atoms with Gasteiger partial charge in [-0.05, 0) is 0 Å². The van der Waals surface area contributed by atoms with Gasteiger partial charge in [0, 0.05) is 11.6 Å². The molecule has 0 atom stereocenters. The van der Waals surface area contributed by atoms with Gasteiger partial charge in [0.15, 0.2) is 23.3 Å². The van der Waals surface area contributed by atoms with Crippen molar-refractivity contribution in [3.8, 4) is 22.3 Å². The fraction of sp³-hybridized carbons (Fsp3) is 0. The van der Waals surface area contributed by atoms with Crippen molar-refractivity contribution < 1.29 is 40.0 Å². The minimum Gasteiger partial charge on any atom is -0.258 e. The monoisotopic (exact) mass is 421 g/mol. The van der Waals surface area contributed by atoms with Gasteiger partial charge in [-0.1, -0.05) is 12.1 Å². The molecule has 29 heavy (non-hydrogen) atoms. The number of nitro benzene ring substituents is 1. The SMILES string of the molecule is O=[N+]([O-])c1cccc(-c2c(F)c(F)nc(F)c2F)c1-c1c(F)c(F)nc(F)c1F. The Hall–Kier alpha value is -3.64. The Balaban J connectivity index is 2.57. The number of nitrogens with zero attached hydrogens (tertiary/aromatic N) is 3. The zero-order valence-electron chi connectivity index (χ0n) is 13.4. The number of nitro groups is 1. The minimum atomic E-state index is -2.24. The largest absolute Gasteiger partial charge is 0.278 e. The third-order valence-electron chi connectivity index (χ3n) is 3.75. The summed E-state index contributed by atoms with van der Waals surface area (Å²) in [6.07, 6.45) is 0. The molecule has 3 rings (SSSR count). The lowest BCUT2D eigenvalue weighted by Crippen LogP contribution is -2.08. The van der Waals surface area contributed by atoms with Crippen LogP contribution in [0.3, 0.4) is 0 Å². The fourth-order valence-electron chi connectivity index (χ4n) is 2.59. The van der Waals surface area contributed by atoms with E-state index in [1.165, 1.54) is 0 Å². The second kappa shape index (κ2) is 7.07. The molecule has 2 aromatic heterocycles. The van der Waals surface area contributed by atoms with Crippen LogP contribution in [0.4, 0.5) is 40.8 Å². The average molecular weight is 421 g/mol. The maximum Gasteiger partial charge on any atom is 0.278 e. The van der Waals surface area contributed by atoms with E-state index in [4.69, 9.17) is 0 Å². The topological polar surface area (TPSA) is 68.9 Å². The second-order valence-corrected chi connectivity index (χ2v) is 5.35. The van der Waals surface area contributed by atoms with Gasteiger partial charge in [0.25, 0.3) is 29.5 Å². The van der Waals surface area contributed by atoms with Crippen molar-refractivity contribution in [3.05, 3.63) is 75.4 Å². The van der Waals surface area contributed by atoms with E-state index in [0.29, 0.717) is 12.1 Å². The normalized spacial score (nSPS) is 11.0. The van der Waals surface area contributed by atoms with E-state index in [0.717, 1.165) is 6.07 Å². The molecular formula is C16H3F8N3O2. The van der Waals surface area contributed by atoms with Crippen LogP contribution in [-0.4, -0.2) is 14.9 Å². The van der Waals surface area contributed by atoms with E-state index < -0.39 is 79.9 Å². The van der Waals surface area contributed by atoms with Gasteiger partial charge in [0.2, 0.25) is 0 Å². The molecule has 0 saturated heterocycles. The minimum absolute atomic E-state index is 0.581.